The predicted octanol–water partition coefficient (Wildman–Crippen LogP) is 0.642. The zero-order valence-corrected chi connectivity index (χ0v) is 6.31. The summed E-state index contributed by atoms with van der Waals surface area (Å²) in [6.45, 7) is 1.50. The molecule has 0 aromatic rings. The Bertz CT molecular complexity index is 178. The van der Waals surface area contributed by atoms with Crippen LogP contribution in [0.25, 0.3) is 0 Å². The molecule has 0 rings (SSSR count). The smallest absolute Gasteiger partial charge is 0.339 e. The summed E-state index contributed by atoms with van der Waals surface area (Å²) >= 11 is 0. The van der Waals surface area contributed by atoms with Gasteiger partial charge in [-0.05, 0) is 6.42 Å². The van der Waals surface area contributed by atoms with Gasteiger partial charge in [0.15, 0.2) is 0 Å². The molecule has 1 amide bonds. The summed E-state index contributed by atoms with van der Waals surface area (Å²) < 4.78 is 34.7. The van der Waals surface area contributed by atoms with Gasteiger partial charge in [-0.15, -0.1) is 0 Å². The number of amides is 1. The van der Waals surface area contributed by atoms with Gasteiger partial charge in [-0.25, -0.2) is 0 Å². The van der Waals surface area contributed by atoms with Crippen LogP contribution in [0.2, 0.25) is 0 Å². The minimum Gasteiger partial charge on any atom is -0.339 e. The van der Waals surface area contributed by atoms with E-state index in [1.54, 1.807) is 0 Å². The third-order valence-corrected chi connectivity index (χ3v) is 1.18. The van der Waals surface area contributed by atoms with E-state index >= 15 is 0 Å². The quantitative estimate of drug-likeness (QED) is 0.652. The molecule has 12 heavy (non-hydrogen) atoms. The number of carbonyl (C=O) groups is 2. The predicted molar refractivity (Wildman–Crippen MR) is 34.3 cm³/mol. The van der Waals surface area contributed by atoms with E-state index in [0.717, 1.165) is 0 Å². The highest BCUT2D eigenvalue weighted by Gasteiger charge is 2.39. The van der Waals surface area contributed by atoms with E-state index in [4.69, 9.17) is 0 Å². The fraction of sp³-hybridized carbons (Fsp3) is 0.667. The molecule has 1 N–H and O–H groups in total. The lowest BCUT2D eigenvalue weighted by molar-refractivity contribution is -0.174. The summed E-state index contributed by atoms with van der Waals surface area (Å²) in [4.78, 5) is 20.2. The second kappa shape index (κ2) is 4.08. The van der Waals surface area contributed by atoms with Crippen LogP contribution in [-0.2, 0) is 9.59 Å². The topological polar surface area (TPSA) is 46.2 Å². The average Bonchev–Trinajstić information content (AvgIpc) is 1.97. The summed E-state index contributed by atoms with van der Waals surface area (Å²) in [5.41, 5.74) is 0. The van der Waals surface area contributed by atoms with Crippen molar-refractivity contribution in [3.8, 4) is 0 Å². The number of hydrogen-bond donors (Lipinski definition) is 1. The third-order valence-electron chi connectivity index (χ3n) is 1.18. The average molecular weight is 183 g/mol. The lowest BCUT2D eigenvalue weighted by Crippen LogP contribution is -2.43. The number of halogens is 3. The van der Waals surface area contributed by atoms with Gasteiger partial charge >= 0.3 is 12.1 Å². The summed E-state index contributed by atoms with van der Waals surface area (Å²) in [5, 5.41) is 1.52. The second-order valence-corrected chi connectivity index (χ2v) is 2.12. The zero-order valence-electron chi connectivity index (χ0n) is 6.31. The van der Waals surface area contributed by atoms with Crippen LogP contribution in [0.4, 0.5) is 13.2 Å². The van der Waals surface area contributed by atoms with Crippen LogP contribution in [0, 0.1) is 0 Å². The molecule has 0 aliphatic heterocycles. The molecule has 0 saturated carbocycles. The molecule has 1 unspecified atom stereocenters. The van der Waals surface area contributed by atoms with Crippen LogP contribution < -0.4 is 5.32 Å². The molecule has 0 aromatic heterocycles. The highest BCUT2D eigenvalue weighted by Crippen LogP contribution is 2.14. The van der Waals surface area contributed by atoms with Crippen LogP contribution in [-0.4, -0.2) is 24.4 Å². The first-order valence-corrected chi connectivity index (χ1v) is 3.24. The van der Waals surface area contributed by atoms with Gasteiger partial charge < -0.3 is 10.1 Å². The number of nitrogens with one attached hydrogen (secondary N) is 1. The fourth-order valence-corrected chi connectivity index (χ4v) is 0.483. The van der Waals surface area contributed by atoms with Crippen LogP contribution in [0.15, 0.2) is 0 Å². The maximum atomic E-state index is 11.6. The molecule has 0 aromatic carbocycles. The molecule has 0 radical (unpaired) electrons. The molecule has 0 aliphatic carbocycles. The maximum absolute atomic E-state index is 11.6. The molecule has 0 aliphatic rings. The SMILES string of the molecule is CCC(C=O)NC(=O)C(F)(F)F. The monoisotopic (exact) mass is 183 g/mol. The summed E-state index contributed by atoms with van der Waals surface area (Å²) in [5.74, 6) is -2.08. The Balaban J connectivity index is 4.08. The van der Waals surface area contributed by atoms with E-state index in [9.17, 15) is 22.8 Å². The molecule has 6 heteroatoms. The highest BCUT2D eigenvalue weighted by molar-refractivity contribution is 5.84. The molecule has 70 valence electrons. The van der Waals surface area contributed by atoms with E-state index in [1.807, 2.05) is 0 Å². The summed E-state index contributed by atoms with van der Waals surface area (Å²) in [7, 11) is 0. The van der Waals surface area contributed by atoms with Crippen LogP contribution >= 0.6 is 0 Å². The van der Waals surface area contributed by atoms with Crippen molar-refractivity contribution in [1.82, 2.24) is 5.32 Å². The highest BCUT2D eigenvalue weighted by atomic mass is 19.4. The first kappa shape index (κ1) is 10.9. The number of alkyl halides is 3. The Hall–Kier alpha value is -1.07. The van der Waals surface area contributed by atoms with Gasteiger partial charge in [0.05, 0.1) is 6.04 Å². The van der Waals surface area contributed by atoms with Crippen LogP contribution in [0.3, 0.4) is 0 Å². The second-order valence-electron chi connectivity index (χ2n) is 2.12. The van der Waals surface area contributed by atoms with Gasteiger partial charge in [0.1, 0.15) is 6.29 Å². The van der Waals surface area contributed by atoms with Gasteiger partial charge in [-0.2, -0.15) is 13.2 Å². The first-order chi connectivity index (χ1) is 5.41. The van der Waals surface area contributed by atoms with Gasteiger partial charge in [0.2, 0.25) is 0 Å². The van der Waals surface area contributed by atoms with Gasteiger partial charge in [-0.1, -0.05) is 6.92 Å². The van der Waals surface area contributed by atoms with Crippen molar-refractivity contribution in [1.29, 1.82) is 0 Å². The molecule has 0 spiro atoms. The molecule has 3 nitrogen and oxygen atoms in total. The Morgan fingerprint density at radius 3 is 2.33 bits per heavy atom. The summed E-state index contributed by atoms with van der Waals surface area (Å²) in [6, 6.07) is -1.06. The van der Waals surface area contributed by atoms with Crippen molar-refractivity contribution in [3.63, 3.8) is 0 Å². The van der Waals surface area contributed by atoms with Gasteiger partial charge in [0.25, 0.3) is 0 Å². The standard InChI is InChI=1S/C6H8F3NO2/c1-2-4(3-11)10-5(12)6(7,8)9/h3-4H,2H2,1H3,(H,10,12). The van der Waals surface area contributed by atoms with Gasteiger partial charge in [-0.3, -0.25) is 4.79 Å². The van der Waals surface area contributed by atoms with Crippen molar-refractivity contribution < 1.29 is 22.8 Å². The Morgan fingerprint density at radius 2 is 2.08 bits per heavy atom. The molecular weight excluding hydrogens is 175 g/mol. The van der Waals surface area contributed by atoms with Crippen molar-refractivity contribution in [2.75, 3.05) is 0 Å². The largest absolute Gasteiger partial charge is 0.471 e. The van der Waals surface area contributed by atoms with E-state index in [0.29, 0.717) is 0 Å². The van der Waals surface area contributed by atoms with Crippen LogP contribution in [0.1, 0.15) is 13.3 Å². The molecule has 1 atom stereocenters. The normalized spacial score (nSPS) is 13.7. The Kier molecular flexibility index (Phi) is 3.72. The lowest BCUT2D eigenvalue weighted by Gasteiger charge is -2.11. The number of rotatable bonds is 3. The van der Waals surface area contributed by atoms with E-state index in [1.165, 1.54) is 12.2 Å². The third kappa shape index (κ3) is 3.36. The van der Waals surface area contributed by atoms with Crippen molar-refractivity contribution in [3.05, 3.63) is 0 Å². The van der Waals surface area contributed by atoms with Gasteiger partial charge in [0, 0.05) is 0 Å². The molecule has 0 bridgehead atoms. The maximum Gasteiger partial charge on any atom is 0.471 e. The lowest BCUT2D eigenvalue weighted by atomic mass is 10.2. The van der Waals surface area contributed by atoms with E-state index in [2.05, 4.69) is 0 Å². The number of carbonyl (C=O) groups excluding carboxylic acids is 2. The van der Waals surface area contributed by atoms with Crippen molar-refractivity contribution in [2.24, 2.45) is 0 Å². The minimum absolute atomic E-state index is 0.144. The number of aldehydes is 1. The number of hydrogen-bond acceptors (Lipinski definition) is 2. The fourth-order valence-electron chi connectivity index (χ4n) is 0.483. The molecule has 0 fully saturated rings. The first-order valence-electron chi connectivity index (χ1n) is 3.24. The molecule has 0 heterocycles. The Morgan fingerprint density at radius 1 is 1.58 bits per heavy atom. The van der Waals surface area contributed by atoms with Crippen molar-refractivity contribution in [2.45, 2.75) is 25.6 Å². The van der Waals surface area contributed by atoms with E-state index < -0.39 is 18.1 Å². The van der Waals surface area contributed by atoms with Crippen molar-refractivity contribution >= 4 is 12.2 Å². The Labute approximate surface area is 66.9 Å². The summed E-state index contributed by atoms with van der Waals surface area (Å²) in [6.07, 6.45) is -4.51. The van der Waals surface area contributed by atoms with E-state index in [-0.39, 0.29) is 12.7 Å². The minimum atomic E-state index is -4.92. The molecule has 0 saturated heterocycles. The molecular formula is C6H8F3NO2. The van der Waals surface area contributed by atoms with Crippen LogP contribution in [0.5, 0.6) is 0 Å². The zero-order chi connectivity index (χ0) is 9.78.